The van der Waals surface area contributed by atoms with Gasteiger partial charge in [-0.3, -0.25) is 4.79 Å². The molecule has 0 bridgehead atoms. The van der Waals surface area contributed by atoms with Crippen LogP contribution in [-0.4, -0.2) is 47.6 Å². The summed E-state index contributed by atoms with van der Waals surface area (Å²) in [7, 11) is 0. The molecule has 4 heteroatoms. The molecule has 4 rings (SSSR count). The summed E-state index contributed by atoms with van der Waals surface area (Å²) < 4.78 is 5.80. The first kappa shape index (κ1) is 15.5. The summed E-state index contributed by atoms with van der Waals surface area (Å²) >= 11 is 1.97. The average Bonchev–Trinajstić information content (AvgIpc) is 3.33. The van der Waals surface area contributed by atoms with Gasteiger partial charge >= 0.3 is 0 Å². The molecular weight excluding hydrogens is 306 g/mol. The molecule has 3 nitrogen and oxygen atoms in total. The molecule has 1 aliphatic carbocycles. The number of carbonyl (C=O) groups is 1. The highest BCUT2D eigenvalue weighted by atomic mass is 32.2. The van der Waals surface area contributed by atoms with Crippen LogP contribution in [0.5, 0.6) is 0 Å². The van der Waals surface area contributed by atoms with E-state index in [2.05, 4.69) is 17.0 Å². The van der Waals surface area contributed by atoms with Crippen molar-refractivity contribution in [3.8, 4) is 0 Å². The standard InChI is InChI=1S/C19H25NO2S/c21-19(16-7-6-14-3-1-4-15(14)11-16)20(17-8-10-23-13-17)12-18-5-2-9-22-18/h6-7,11,17-18H,1-5,8-10,12-13H2/t17-,18+/m0/s1. The molecule has 124 valence electrons. The van der Waals surface area contributed by atoms with Gasteiger partial charge in [-0.15, -0.1) is 0 Å². The molecule has 0 unspecified atom stereocenters. The summed E-state index contributed by atoms with van der Waals surface area (Å²) in [4.78, 5) is 15.3. The van der Waals surface area contributed by atoms with Crippen LogP contribution in [0.3, 0.4) is 0 Å². The van der Waals surface area contributed by atoms with E-state index in [0.29, 0.717) is 6.04 Å². The number of nitrogens with zero attached hydrogens (tertiary/aromatic N) is 1. The minimum Gasteiger partial charge on any atom is -0.376 e. The van der Waals surface area contributed by atoms with E-state index in [1.807, 2.05) is 17.8 Å². The SMILES string of the molecule is O=C(c1ccc2c(c1)CCC2)N(C[C@H]1CCCO1)[C@H]1CCSC1. The predicted octanol–water partition coefficient (Wildman–Crippen LogP) is 3.30. The maximum Gasteiger partial charge on any atom is 0.254 e. The lowest BCUT2D eigenvalue weighted by atomic mass is 10.0. The van der Waals surface area contributed by atoms with Gasteiger partial charge < -0.3 is 9.64 Å². The second-order valence-electron chi connectivity index (χ2n) is 6.95. The molecule has 3 aliphatic rings. The number of hydrogen-bond acceptors (Lipinski definition) is 3. The number of ether oxygens (including phenoxy) is 1. The van der Waals surface area contributed by atoms with Crippen molar-refractivity contribution in [2.24, 2.45) is 0 Å². The van der Waals surface area contributed by atoms with Gasteiger partial charge in [0, 0.05) is 30.5 Å². The predicted molar refractivity (Wildman–Crippen MR) is 94.2 cm³/mol. The maximum absolute atomic E-state index is 13.2. The van der Waals surface area contributed by atoms with Crippen LogP contribution in [0.4, 0.5) is 0 Å². The van der Waals surface area contributed by atoms with Crippen LogP contribution >= 0.6 is 11.8 Å². The monoisotopic (exact) mass is 331 g/mol. The number of benzene rings is 1. The number of rotatable bonds is 4. The van der Waals surface area contributed by atoms with E-state index in [4.69, 9.17) is 4.74 Å². The lowest BCUT2D eigenvalue weighted by Gasteiger charge is -2.31. The molecule has 0 aromatic heterocycles. The first-order chi connectivity index (χ1) is 11.3. The number of amides is 1. The van der Waals surface area contributed by atoms with Crippen molar-refractivity contribution in [1.29, 1.82) is 0 Å². The Balaban J connectivity index is 1.55. The fourth-order valence-electron chi connectivity index (χ4n) is 4.04. The topological polar surface area (TPSA) is 29.5 Å². The minimum absolute atomic E-state index is 0.211. The second kappa shape index (κ2) is 6.86. The first-order valence-corrected chi connectivity index (χ1v) is 10.1. The van der Waals surface area contributed by atoms with E-state index in [-0.39, 0.29) is 12.0 Å². The molecule has 2 heterocycles. The average molecular weight is 331 g/mol. The highest BCUT2D eigenvalue weighted by Crippen LogP contribution is 2.28. The van der Waals surface area contributed by atoms with Crippen LogP contribution in [0, 0.1) is 0 Å². The second-order valence-corrected chi connectivity index (χ2v) is 8.10. The zero-order valence-electron chi connectivity index (χ0n) is 13.6. The van der Waals surface area contributed by atoms with E-state index in [1.165, 1.54) is 29.7 Å². The Bertz CT molecular complexity index is 577. The number of hydrogen-bond donors (Lipinski definition) is 0. The number of thioether (sulfide) groups is 1. The zero-order valence-corrected chi connectivity index (χ0v) is 14.4. The summed E-state index contributed by atoms with van der Waals surface area (Å²) in [5.74, 6) is 2.45. The van der Waals surface area contributed by atoms with Crippen molar-refractivity contribution >= 4 is 17.7 Å². The Morgan fingerprint density at radius 1 is 1.22 bits per heavy atom. The highest BCUT2D eigenvalue weighted by molar-refractivity contribution is 7.99. The smallest absolute Gasteiger partial charge is 0.254 e. The van der Waals surface area contributed by atoms with Gasteiger partial charge in [0.1, 0.15) is 0 Å². The van der Waals surface area contributed by atoms with Crippen molar-refractivity contribution in [2.45, 2.75) is 50.7 Å². The molecule has 1 amide bonds. The third kappa shape index (κ3) is 3.29. The molecule has 0 N–H and O–H groups in total. The van der Waals surface area contributed by atoms with E-state index in [0.717, 1.165) is 50.2 Å². The summed E-state index contributed by atoms with van der Waals surface area (Å²) in [6, 6.07) is 6.74. The largest absolute Gasteiger partial charge is 0.376 e. The van der Waals surface area contributed by atoms with Crippen molar-refractivity contribution in [3.63, 3.8) is 0 Å². The summed E-state index contributed by atoms with van der Waals surface area (Å²) in [5.41, 5.74) is 3.69. The molecule has 2 fully saturated rings. The van der Waals surface area contributed by atoms with E-state index in [1.54, 1.807) is 0 Å². The number of fused-ring (bicyclic) bond motifs is 1. The quantitative estimate of drug-likeness (QED) is 0.848. The summed E-state index contributed by atoms with van der Waals surface area (Å²) in [6.45, 7) is 1.62. The third-order valence-electron chi connectivity index (χ3n) is 5.38. The van der Waals surface area contributed by atoms with Gasteiger partial charge in [-0.05, 0) is 67.5 Å². The number of aryl methyl sites for hydroxylation is 2. The Kier molecular flexibility index (Phi) is 4.63. The van der Waals surface area contributed by atoms with Crippen LogP contribution in [0.15, 0.2) is 18.2 Å². The third-order valence-corrected chi connectivity index (χ3v) is 6.52. The molecule has 2 saturated heterocycles. The Labute approximate surface area is 142 Å². The molecular formula is C19H25NO2S. The lowest BCUT2D eigenvalue weighted by Crippen LogP contribution is -2.44. The van der Waals surface area contributed by atoms with Crippen molar-refractivity contribution < 1.29 is 9.53 Å². The van der Waals surface area contributed by atoms with Crippen molar-refractivity contribution in [3.05, 3.63) is 34.9 Å². The van der Waals surface area contributed by atoms with Gasteiger partial charge in [0.2, 0.25) is 0 Å². The van der Waals surface area contributed by atoms with Crippen LogP contribution in [0.25, 0.3) is 0 Å². The molecule has 0 saturated carbocycles. The Hall–Kier alpha value is -1.00. The van der Waals surface area contributed by atoms with Crippen molar-refractivity contribution in [2.75, 3.05) is 24.7 Å². The molecule has 0 spiro atoms. The van der Waals surface area contributed by atoms with E-state index >= 15 is 0 Å². The fraction of sp³-hybridized carbons (Fsp3) is 0.632. The molecule has 1 aromatic carbocycles. The van der Waals surface area contributed by atoms with Crippen LogP contribution in [0.1, 0.15) is 47.2 Å². The summed E-state index contributed by atoms with van der Waals surface area (Å²) in [5, 5.41) is 0. The van der Waals surface area contributed by atoms with E-state index < -0.39 is 0 Å². The summed E-state index contributed by atoms with van der Waals surface area (Å²) in [6.07, 6.45) is 7.10. The van der Waals surface area contributed by atoms with Gasteiger partial charge in [-0.2, -0.15) is 11.8 Å². The first-order valence-electron chi connectivity index (χ1n) is 8.93. The van der Waals surface area contributed by atoms with Crippen LogP contribution < -0.4 is 0 Å². The minimum atomic E-state index is 0.211. The van der Waals surface area contributed by atoms with Gasteiger partial charge in [0.25, 0.3) is 5.91 Å². The van der Waals surface area contributed by atoms with Gasteiger partial charge in [-0.25, -0.2) is 0 Å². The molecule has 0 radical (unpaired) electrons. The van der Waals surface area contributed by atoms with Gasteiger partial charge in [-0.1, -0.05) is 6.07 Å². The van der Waals surface area contributed by atoms with Crippen LogP contribution in [-0.2, 0) is 17.6 Å². The van der Waals surface area contributed by atoms with Gasteiger partial charge in [0.15, 0.2) is 0 Å². The maximum atomic E-state index is 13.2. The number of carbonyl (C=O) groups excluding carboxylic acids is 1. The fourth-order valence-corrected chi connectivity index (χ4v) is 5.27. The van der Waals surface area contributed by atoms with E-state index in [9.17, 15) is 4.79 Å². The van der Waals surface area contributed by atoms with Crippen molar-refractivity contribution in [1.82, 2.24) is 4.90 Å². The molecule has 2 atom stereocenters. The Morgan fingerprint density at radius 2 is 2.13 bits per heavy atom. The lowest BCUT2D eigenvalue weighted by molar-refractivity contribution is 0.0441. The Morgan fingerprint density at radius 3 is 2.91 bits per heavy atom. The van der Waals surface area contributed by atoms with Crippen LogP contribution in [0.2, 0.25) is 0 Å². The highest BCUT2D eigenvalue weighted by Gasteiger charge is 2.31. The molecule has 1 aromatic rings. The molecule has 23 heavy (non-hydrogen) atoms. The molecule has 2 aliphatic heterocycles. The zero-order chi connectivity index (χ0) is 15.6. The van der Waals surface area contributed by atoms with Gasteiger partial charge in [0.05, 0.1) is 6.10 Å². The normalized spacial score (nSPS) is 26.4.